The lowest BCUT2D eigenvalue weighted by atomic mass is 10.0. The monoisotopic (exact) mass is 451 g/mol. The van der Waals surface area contributed by atoms with Crippen molar-refractivity contribution in [2.75, 3.05) is 16.8 Å². The van der Waals surface area contributed by atoms with Gasteiger partial charge in [-0.25, -0.2) is 4.90 Å². The number of nitrogens with zero attached hydrogens (tertiary/aromatic N) is 2. The number of hydrogen-bond donors (Lipinski definition) is 1. The molecule has 0 atom stereocenters. The van der Waals surface area contributed by atoms with Gasteiger partial charge in [0, 0.05) is 5.69 Å². The average molecular weight is 452 g/mol. The molecule has 4 rings (SSSR count). The molecule has 1 N–H and O–H groups in total. The summed E-state index contributed by atoms with van der Waals surface area (Å²) in [7, 11) is 0. The molecular weight excluding hydrogens is 426 g/mol. The number of ether oxygens (including phenoxy) is 1. The number of aryl methyl sites for hydroxylation is 1. The van der Waals surface area contributed by atoms with E-state index in [-0.39, 0.29) is 11.3 Å². The van der Waals surface area contributed by atoms with Gasteiger partial charge in [-0.05, 0) is 72.5 Å². The predicted octanol–water partition coefficient (Wildman–Crippen LogP) is 5.31. The number of carbonyl (C=O) groups is 2. The van der Waals surface area contributed by atoms with Crippen molar-refractivity contribution in [3.63, 3.8) is 0 Å². The molecule has 6 heteroatoms. The van der Waals surface area contributed by atoms with E-state index >= 15 is 0 Å². The number of hydrogen-bond acceptors (Lipinski definition) is 5. The van der Waals surface area contributed by atoms with Gasteiger partial charge in [-0.2, -0.15) is 5.26 Å². The summed E-state index contributed by atoms with van der Waals surface area (Å²) in [6.45, 7) is 4.71. The van der Waals surface area contributed by atoms with E-state index in [1.165, 1.54) is 5.56 Å². The zero-order valence-electron chi connectivity index (χ0n) is 19.2. The first-order valence-corrected chi connectivity index (χ1v) is 11.3. The maximum atomic E-state index is 13.5. The number of anilines is 2. The van der Waals surface area contributed by atoms with Gasteiger partial charge in [0.25, 0.3) is 11.8 Å². The van der Waals surface area contributed by atoms with Crippen molar-refractivity contribution in [3.05, 3.63) is 95.2 Å². The van der Waals surface area contributed by atoms with Gasteiger partial charge in [-0.3, -0.25) is 9.59 Å². The minimum absolute atomic E-state index is 0.209. The number of nitriles is 1. The van der Waals surface area contributed by atoms with Crippen LogP contribution in [0.15, 0.2) is 78.5 Å². The molecule has 0 aliphatic carbocycles. The summed E-state index contributed by atoms with van der Waals surface area (Å²) in [6, 6.07) is 23.4. The molecule has 6 nitrogen and oxygen atoms in total. The molecule has 0 saturated heterocycles. The molecule has 2 amide bonds. The first kappa shape index (κ1) is 22.8. The minimum atomic E-state index is -0.449. The Balaban J connectivity index is 1.74. The van der Waals surface area contributed by atoms with Crippen LogP contribution in [-0.2, 0) is 16.0 Å². The Bertz CT molecular complexity index is 1270. The molecule has 0 radical (unpaired) electrons. The molecular formula is C28H25N3O3. The van der Waals surface area contributed by atoms with Crippen LogP contribution in [0.25, 0.3) is 5.57 Å². The van der Waals surface area contributed by atoms with E-state index in [0.29, 0.717) is 29.2 Å². The Morgan fingerprint density at radius 2 is 1.56 bits per heavy atom. The van der Waals surface area contributed by atoms with Crippen LogP contribution in [-0.4, -0.2) is 18.4 Å². The lowest BCUT2D eigenvalue weighted by Gasteiger charge is -2.15. The fourth-order valence-electron chi connectivity index (χ4n) is 3.74. The zero-order valence-corrected chi connectivity index (χ0v) is 19.2. The van der Waals surface area contributed by atoms with E-state index in [1.54, 1.807) is 48.5 Å². The van der Waals surface area contributed by atoms with Crippen molar-refractivity contribution in [2.24, 2.45) is 0 Å². The molecule has 170 valence electrons. The van der Waals surface area contributed by atoms with Gasteiger partial charge in [0.1, 0.15) is 11.4 Å². The quantitative estimate of drug-likeness (QED) is 0.470. The van der Waals surface area contributed by atoms with Crippen LogP contribution in [0.4, 0.5) is 11.4 Å². The normalized spacial score (nSPS) is 13.3. The molecule has 3 aromatic carbocycles. The highest BCUT2D eigenvalue weighted by Crippen LogP contribution is 2.34. The highest BCUT2D eigenvalue weighted by molar-refractivity contribution is 6.46. The second-order valence-electron chi connectivity index (χ2n) is 7.90. The Hall–Kier alpha value is -4.37. The Morgan fingerprint density at radius 1 is 0.882 bits per heavy atom. The maximum absolute atomic E-state index is 13.5. The van der Waals surface area contributed by atoms with E-state index < -0.39 is 11.8 Å². The summed E-state index contributed by atoms with van der Waals surface area (Å²) in [5.74, 6) is -0.170. The third-order valence-electron chi connectivity index (χ3n) is 5.59. The molecule has 34 heavy (non-hydrogen) atoms. The lowest BCUT2D eigenvalue weighted by molar-refractivity contribution is -0.120. The van der Waals surface area contributed by atoms with E-state index in [0.717, 1.165) is 23.4 Å². The molecule has 1 heterocycles. The molecule has 1 aliphatic rings. The number of amides is 2. The van der Waals surface area contributed by atoms with Gasteiger partial charge < -0.3 is 10.1 Å². The van der Waals surface area contributed by atoms with Crippen LogP contribution in [0.5, 0.6) is 5.75 Å². The van der Waals surface area contributed by atoms with Crippen molar-refractivity contribution in [1.82, 2.24) is 0 Å². The number of imide groups is 1. The van der Waals surface area contributed by atoms with Crippen LogP contribution in [0.2, 0.25) is 0 Å². The first-order chi connectivity index (χ1) is 16.5. The predicted molar refractivity (Wildman–Crippen MR) is 132 cm³/mol. The Labute approximate surface area is 199 Å². The van der Waals surface area contributed by atoms with Gasteiger partial charge in [-0.15, -0.1) is 0 Å². The van der Waals surface area contributed by atoms with Gasteiger partial charge in [0.15, 0.2) is 0 Å². The van der Waals surface area contributed by atoms with Crippen LogP contribution in [0, 0.1) is 11.3 Å². The molecule has 0 spiro atoms. The van der Waals surface area contributed by atoms with Crippen LogP contribution in [0.3, 0.4) is 0 Å². The van der Waals surface area contributed by atoms with Crippen LogP contribution >= 0.6 is 0 Å². The number of benzene rings is 3. The maximum Gasteiger partial charge on any atom is 0.282 e. The smallest absolute Gasteiger partial charge is 0.282 e. The topological polar surface area (TPSA) is 82.4 Å². The number of nitrogens with one attached hydrogen (secondary N) is 1. The largest absolute Gasteiger partial charge is 0.494 e. The number of carbonyl (C=O) groups excluding carboxylic acids is 2. The van der Waals surface area contributed by atoms with Gasteiger partial charge in [-0.1, -0.05) is 38.1 Å². The fraction of sp³-hybridized carbons (Fsp3) is 0.179. The number of rotatable bonds is 8. The van der Waals surface area contributed by atoms with Gasteiger partial charge >= 0.3 is 0 Å². The van der Waals surface area contributed by atoms with Crippen LogP contribution < -0.4 is 15.0 Å². The van der Waals surface area contributed by atoms with Crippen molar-refractivity contribution in [2.45, 2.75) is 26.7 Å². The van der Waals surface area contributed by atoms with Crippen molar-refractivity contribution >= 4 is 28.8 Å². The SMILES string of the molecule is CCCOc1ccc(C2=C(Nc3ccc(CC)cc3)C(=O)N(c3ccc(C#N)cc3)C2=O)cc1. The van der Waals surface area contributed by atoms with E-state index in [9.17, 15) is 9.59 Å². The van der Waals surface area contributed by atoms with Crippen molar-refractivity contribution in [1.29, 1.82) is 5.26 Å². The molecule has 0 fully saturated rings. The third-order valence-corrected chi connectivity index (χ3v) is 5.59. The Kier molecular flexibility index (Phi) is 6.74. The summed E-state index contributed by atoms with van der Waals surface area (Å²) in [6.07, 6.45) is 1.80. The highest BCUT2D eigenvalue weighted by atomic mass is 16.5. The average Bonchev–Trinajstić information content (AvgIpc) is 3.12. The Morgan fingerprint density at radius 3 is 2.15 bits per heavy atom. The summed E-state index contributed by atoms with van der Waals surface area (Å²) < 4.78 is 5.66. The fourth-order valence-corrected chi connectivity index (χ4v) is 3.74. The van der Waals surface area contributed by atoms with Gasteiger partial charge in [0.05, 0.1) is 29.5 Å². The molecule has 0 aromatic heterocycles. The second kappa shape index (κ2) is 10.1. The zero-order chi connectivity index (χ0) is 24.1. The molecule has 0 saturated carbocycles. The van der Waals surface area contributed by atoms with E-state index in [2.05, 4.69) is 12.2 Å². The van der Waals surface area contributed by atoms with E-state index in [1.807, 2.05) is 37.3 Å². The summed E-state index contributed by atoms with van der Waals surface area (Å²) in [5.41, 5.74) is 3.87. The minimum Gasteiger partial charge on any atom is -0.494 e. The van der Waals surface area contributed by atoms with Crippen molar-refractivity contribution < 1.29 is 14.3 Å². The molecule has 0 unspecified atom stereocenters. The summed E-state index contributed by atoms with van der Waals surface area (Å²) in [5, 5.41) is 12.3. The van der Waals surface area contributed by atoms with Gasteiger partial charge in [0.2, 0.25) is 0 Å². The molecule has 3 aromatic rings. The van der Waals surface area contributed by atoms with E-state index in [4.69, 9.17) is 10.00 Å². The lowest BCUT2D eigenvalue weighted by Crippen LogP contribution is -2.32. The standard InChI is InChI=1S/C28H25N3O3/c1-3-17-34-24-15-9-21(10-16-24)25-26(30-22-11-5-19(4-2)6-12-22)28(33)31(27(25)32)23-13-7-20(18-29)8-14-23/h5-16,30H,3-4,17H2,1-2H3. The molecule has 1 aliphatic heterocycles. The summed E-state index contributed by atoms with van der Waals surface area (Å²) >= 11 is 0. The molecule has 0 bridgehead atoms. The van der Waals surface area contributed by atoms with Crippen molar-refractivity contribution in [3.8, 4) is 11.8 Å². The summed E-state index contributed by atoms with van der Waals surface area (Å²) in [4.78, 5) is 28.2. The first-order valence-electron chi connectivity index (χ1n) is 11.3. The second-order valence-corrected chi connectivity index (χ2v) is 7.90. The van der Waals surface area contributed by atoms with Crippen LogP contribution in [0.1, 0.15) is 37.0 Å². The highest BCUT2D eigenvalue weighted by Gasteiger charge is 2.40. The third kappa shape index (κ3) is 4.55.